The maximum Gasteiger partial charge on any atom is 0.326 e. The van der Waals surface area contributed by atoms with Crippen LogP contribution in [-0.4, -0.2) is 57.8 Å². The van der Waals surface area contributed by atoms with Crippen LogP contribution >= 0.6 is 0 Å². The average molecular weight is 426 g/mol. The molecule has 164 valence electrons. The van der Waals surface area contributed by atoms with Gasteiger partial charge in [0.2, 0.25) is 11.8 Å². The van der Waals surface area contributed by atoms with Crippen LogP contribution in [0, 0.1) is 0 Å². The van der Waals surface area contributed by atoms with Crippen molar-refractivity contribution >= 4 is 34.9 Å². The van der Waals surface area contributed by atoms with E-state index in [1.54, 1.807) is 55.6 Å². The van der Waals surface area contributed by atoms with Crippen LogP contribution in [0.5, 0.6) is 5.75 Å². The van der Waals surface area contributed by atoms with Crippen LogP contribution in [0.25, 0.3) is 0 Å². The third-order valence-corrected chi connectivity index (χ3v) is 4.65. The molecule has 2 aromatic carbocycles. The summed E-state index contributed by atoms with van der Waals surface area (Å²) in [6.07, 6.45) is 0. The number of ether oxygens (including phenoxy) is 2. The van der Waals surface area contributed by atoms with Gasteiger partial charge in [-0.3, -0.25) is 19.4 Å². The van der Waals surface area contributed by atoms with Gasteiger partial charge in [0.15, 0.2) is 0 Å². The van der Waals surface area contributed by atoms with Gasteiger partial charge in [-0.05, 0) is 43.3 Å². The van der Waals surface area contributed by atoms with Crippen molar-refractivity contribution in [1.29, 1.82) is 0 Å². The molecule has 1 aliphatic heterocycles. The number of fused-ring (bicyclic) bond motifs is 1. The first-order valence-corrected chi connectivity index (χ1v) is 10.00. The lowest BCUT2D eigenvalue weighted by atomic mass is 10.1. The summed E-state index contributed by atoms with van der Waals surface area (Å²) in [6.45, 7) is 2.89. The summed E-state index contributed by atoms with van der Waals surface area (Å²) in [5.41, 5.74) is 1.64. The molecule has 0 spiro atoms. The number of urea groups is 1. The van der Waals surface area contributed by atoms with Crippen LogP contribution in [0.4, 0.5) is 21.9 Å². The lowest BCUT2D eigenvalue weighted by molar-refractivity contribution is -0.123. The van der Waals surface area contributed by atoms with Crippen LogP contribution < -0.4 is 25.2 Å². The van der Waals surface area contributed by atoms with Gasteiger partial charge in [-0.15, -0.1) is 0 Å². The van der Waals surface area contributed by atoms with Gasteiger partial charge < -0.3 is 20.1 Å². The van der Waals surface area contributed by atoms with Crippen molar-refractivity contribution < 1.29 is 23.9 Å². The van der Waals surface area contributed by atoms with Gasteiger partial charge in [0, 0.05) is 19.3 Å². The SMILES string of the molecule is CCOc1ccc(NC(=O)N2CC(=O)N(CC(=O)NCCOC)c3ccccc32)cc1. The molecule has 2 aromatic rings. The van der Waals surface area contributed by atoms with E-state index in [4.69, 9.17) is 9.47 Å². The first-order valence-electron chi connectivity index (χ1n) is 10.00. The third-order valence-electron chi connectivity index (χ3n) is 4.65. The van der Waals surface area contributed by atoms with E-state index in [2.05, 4.69) is 10.6 Å². The topological polar surface area (TPSA) is 100 Å². The number of anilines is 3. The Morgan fingerprint density at radius 3 is 2.45 bits per heavy atom. The minimum Gasteiger partial charge on any atom is -0.494 e. The molecule has 1 heterocycles. The number of hydrogen-bond acceptors (Lipinski definition) is 5. The molecule has 31 heavy (non-hydrogen) atoms. The molecule has 0 saturated heterocycles. The number of amides is 4. The number of nitrogens with one attached hydrogen (secondary N) is 2. The van der Waals surface area contributed by atoms with Crippen LogP contribution in [0.2, 0.25) is 0 Å². The van der Waals surface area contributed by atoms with Crippen LogP contribution in [0.3, 0.4) is 0 Å². The van der Waals surface area contributed by atoms with Crippen molar-refractivity contribution in [1.82, 2.24) is 5.32 Å². The minimum absolute atomic E-state index is 0.131. The Balaban J connectivity index is 1.73. The Kier molecular flexibility index (Phi) is 7.45. The van der Waals surface area contributed by atoms with Crippen molar-refractivity contribution in [2.75, 3.05) is 55.1 Å². The summed E-state index contributed by atoms with van der Waals surface area (Å²) in [5.74, 6) is 0.0633. The Morgan fingerprint density at radius 2 is 1.77 bits per heavy atom. The highest BCUT2D eigenvalue weighted by molar-refractivity contribution is 6.15. The number of rotatable bonds is 8. The standard InChI is InChI=1S/C22H26N4O5/c1-3-31-17-10-8-16(9-11-17)24-22(29)26-15-21(28)25(14-20(27)23-12-13-30-2)18-6-4-5-7-19(18)26/h4-11H,3,12-15H2,1-2H3,(H,23,27)(H,24,29). The Morgan fingerprint density at radius 1 is 1.06 bits per heavy atom. The van der Waals surface area contributed by atoms with E-state index in [-0.39, 0.29) is 24.9 Å². The fourth-order valence-electron chi connectivity index (χ4n) is 3.20. The molecular formula is C22H26N4O5. The third kappa shape index (κ3) is 5.52. The van der Waals surface area contributed by atoms with E-state index in [1.165, 1.54) is 9.80 Å². The van der Waals surface area contributed by atoms with Gasteiger partial charge in [0.05, 0.1) is 24.6 Å². The molecule has 0 fully saturated rings. The maximum atomic E-state index is 12.9. The zero-order chi connectivity index (χ0) is 22.2. The van der Waals surface area contributed by atoms with Gasteiger partial charge in [-0.2, -0.15) is 0 Å². The smallest absolute Gasteiger partial charge is 0.326 e. The molecule has 0 bridgehead atoms. The van der Waals surface area contributed by atoms with Crippen molar-refractivity contribution in [3.63, 3.8) is 0 Å². The van der Waals surface area contributed by atoms with E-state index in [0.29, 0.717) is 42.6 Å². The summed E-state index contributed by atoms with van der Waals surface area (Å²) in [5, 5.41) is 5.50. The van der Waals surface area contributed by atoms with E-state index < -0.39 is 6.03 Å². The van der Waals surface area contributed by atoms with Gasteiger partial charge in [0.25, 0.3) is 0 Å². The molecule has 0 aromatic heterocycles. The zero-order valence-electron chi connectivity index (χ0n) is 17.6. The number of hydrogen-bond donors (Lipinski definition) is 2. The van der Waals surface area contributed by atoms with E-state index in [0.717, 1.165) is 0 Å². The summed E-state index contributed by atoms with van der Waals surface area (Å²) in [4.78, 5) is 40.7. The molecule has 0 radical (unpaired) electrons. The average Bonchev–Trinajstić information content (AvgIpc) is 2.77. The monoisotopic (exact) mass is 426 g/mol. The summed E-state index contributed by atoms with van der Waals surface area (Å²) < 4.78 is 10.3. The molecule has 0 unspecified atom stereocenters. The first-order chi connectivity index (χ1) is 15.0. The predicted octanol–water partition coefficient (Wildman–Crippen LogP) is 2.23. The van der Waals surface area contributed by atoms with Crippen LogP contribution in [0.15, 0.2) is 48.5 Å². The van der Waals surface area contributed by atoms with Gasteiger partial charge >= 0.3 is 6.03 Å². The highest BCUT2D eigenvalue weighted by Gasteiger charge is 2.33. The molecule has 1 aliphatic rings. The fourth-order valence-corrected chi connectivity index (χ4v) is 3.20. The number of carbonyl (C=O) groups is 3. The molecular weight excluding hydrogens is 400 g/mol. The van der Waals surface area contributed by atoms with Crippen molar-refractivity contribution in [3.05, 3.63) is 48.5 Å². The molecule has 2 N–H and O–H groups in total. The lowest BCUT2D eigenvalue weighted by Crippen LogP contribution is -2.52. The van der Waals surface area contributed by atoms with Crippen molar-refractivity contribution in [3.8, 4) is 5.75 Å². The van der Waals surface area contributed by atoms with E-state index in [1.807, 2.05) is 6.92 Å². The molecule has 9 heteroatoms. The number of carbonyl (C=O) groups excluding carboxylic acids is 3. The highest BCUT2D eigenvalue weighted by Crippen LogP contribution is 2.33. The highest BCUT2D eigenvalue weighted by atomic mass is 16.5. The molecule has 0 atom stereocenters. The minimum atomic E-state index is -0.436. The van der Waals surface area contributed by atoms with Crippen molar-refractivity contribution in [2.24, 2.45) is 0 Å². The maximum absolute atomic E-state index is 12.9. The zero-order valence-corrected chi connectivity index (χ0v) is 17.6. The molecule has 3 rings (SSSR count). The first kappa shape index (κ1) is 22.1. The normalized spacial score (nSPS) is 12.9. The quantitative estimate of drug-likeness (QED) is 0.631. The van der Waals surface area contributed by atoms with Crippen molar-refractivity contribution in [2.45, 2.75) is 6.92 Å². The van der Waals surface area contributed by atoms with Gasteiger partial charge in [-0.1, -0.05) is 12.1 Å². The Hall–Kier alpha value is -3.59. The molecule has 0 aliphatic carbocycles. The van der Waals surface area contributed by atoms with E-state index in [9.17, 15) is 14.4 Å². The van der Waals surface area contributed by atoms with Gasteiger partial charge in [0.1, 0.15) is 18.8 Å². The predicted molar refractivity (Wildman–Crippen MR) is 118 cm³/mol. The molecule has 9 nitrogen and oxygen atoms in total. The second-order valence-electron chi connectivity index (χ2n) is 6.79. The number of benzene rings is 2. The van der Waals surface area contributed by atoms with Gasteiger partial charge in [-0.25, -0.2) is 4.79 Å². The second-order valence-corrected chi connectivity index (χ2v) is 6.79. The summed E-state index contributed by atoms with van der Waals surface area (Å²) >= 11 is 0. The Labute approximate surface area is 180 Å². The molecule has 4 amide bonds. The van der Waals surface area contributed by atoms with Crippen LogP contribution in [0.1, 0.15) is 6.92 Å². The number of nitrogens with zero attached hydrogens (tertiary/aromatic N) is 2. The number of para-hydroxylation sites is 2. The molecule has 0 saturated carbocycles. The van der Waals surface area contributed by atoms with Crippen LogP contribution in [-0.2, 0) is 14.3 Å². The summed E-state index contributed by atoms with van der Waals surface area (Å²) in [6, 6.07) is 13.6. The fraction of sp³-hybridized carbons (Fsp3) is 0.318. The largest absolute Gasteiger partial charge is 0.494 e. The van der Waals surface area contributed by atoms with E-state index >= 15 is 0 Å². The lowest BCUT2D eigenvalue weighted by Gasteiger charge is -2.35. The Bertz CT molecular complexity index is 932. The summed E-state index contributed by atoms with van der Waals surface area (Å²) in [7, 11) is 1.55. The number of methoxy groups -OCH3 is 1. The second kappa shape index (κ2) is 10.4.